The van der Waals surface area contributed by atoms with Crippen LogP contribution in [0.15, 0.2) is 22.0 Å². The van der Waals surface area contributed by atoms with E-state index < -0.39 is 0 Å². The maximum atomic E-state index is 12.6. The normalized spacial score (nSPS) is 13.4. The second-order valence-corrected chi connectivity index (χ2v) is 6.74. The minimum Gasteiger partial charge on any atom is -0.384 e. The third kappa shape index (κ3) is 2.85. The van der Waals surface area contributed by atoms with E-state index in [2.05, 4.69) is 15.2 Å². The van der Waals surface area contributed by atoms with Gasteiger partial charge in [0.1, 0.15) is 0 Å². The van der Waals surface area contributed by atoms with Crippen LogP contribution in [0.25, 0.3) is 11.6 Å². The van der Waals surface area contributed by atoms with Gasteiger partial charge in [-0.3, -0.25) is 9.48 Å². The fourth-order valence-corrected chi connectivity index (χ4v) is 3.60. The van der Waals surface area contributed by atoms with Gasteiger partial charge in [0.25, 0.3) is 11.8 Å². The van der Waals surface area contributed by atoms with Crippen LogP contribution < -0.4 is 0 Å². The number of hydrogen-bond donors (Lipinski definition) is 0. The number of thiophene rings is 1. The zero-order chi connectivity index (χ0) is 17.4. The average molecular weight is 359 g/mol. The van der Waals surface area contributed by atoms with Gasteiger partial charge in [-0.2, -0.15) is 10.1 Å². The highest BCUT2D eigenvalue weighted by atomic mass is 32.1. The summed E-state index contributed by atoms with van der Waals surface area (Å²) in [6.07, 6.45) is 0.581. The second-order valence-electron chi connectivity index (χ2n) is 5.79. The van der Waals surface area contributed by atoms with Gasteiger partial charge in [0.2, 0.25) is 0 Å². The van der Waals surface area contributed by atoms with Crippen LogP contribution in [0.5, 0.6) is 0 Å². The third-order valence-electron chi connectivity index (χ3n) is 4.18. The monoisotopic (exact) mass is 359 g/mol. The molecular formula is C16H17N5O3S. The first-order chi connectivity index (χ1) is 12.2. The summed E-state index contributed by atoms with van der Waals surface area (Å²) in [6, 6.07) is 3.73. The van der Waals surface area contributed by atoms with Crippen molar-refractivity contribution < 1.29 is 14.1 Å². The summed E-state index contributed by atoms with van der Waals surface area (Å²) in [5.74, 6) is 0.998. The van der Waals surface area contributed by atoms with Crippen molar-refractivity contribution in [2.75, 3.05) is 13.7 Å². The van der Waals surface area contributed by atoms with Crippen molar-refractivity contribution in [3.8, 4) is 11.6 Å². The smallest absolute Gasteiger partial charge is 0.278 e. The molecule has 130 valence electrons. The van der Waals surface area contributed by atoms with Gasteiger partial charge in [0.15, 0.2) is 11.5 Å². The Morgan fingerprint density at radius 2 is 2.32 bits per heavy atom. The van der Waals surface area contributed by atoms with Crippen molar-refractivity contribution >= 4 is 17.2 Å². The van der Waals surface area contributed by atoms with Gasteiger partial charge in [-0.15, -0.1) is 11.3 Å². The van der Waals surface area contributed by atoms with Crippen LogP contribution in [0.3, 0.4) is 0 Å². The Kier molecular flexibility index (Phi) is 4.10. The number of methoxy groups -OCH3 is 1. The highest BCUT2D eigenvalue weighted by molar-refractivity contribution is 7.12. The maximum Gasteiger partial charge on any atom is 0.278 e. The molecule has 3 aromatic rings. The molecule has 0 spiro atoms. The van der Waals surface area contributed by atoms with Gasteiger partial charge in [-0.05, 0) is 11.4 Å². The van der Waals surface area contributed by atoms with Crippen LogP contribution in [-0.2, 0) is 31.3 Å². The van der Waals surface area contributed by atoms with Gasteiger partial charge >= 0.3 is 0 Å². The highest BCUT2D eigenvalue weighted by Crippen LogP contribution is 2.32. The molecule has 0 N–H and O–H groups in total. The number of aromatic nitrogens is 4. The van der Waals surface area contributed by atoms with Crippen LogP contribution in [0, 0.1) is 0 Å². The minimum atomic E-state index is 0.0310. The Balaban J connectivity index is 1.59. The molecule has 0 fully saturated rings. The summed E-state index contributed by atoms with van der Waals surface area (Å²) in [7, 11) is 3.50. The van der Waals surface area contributed by atoms with E-state index in [1.165, 1.54) is 11.3 Å². The number of carbonyl (C=O) groups excluding carboxylic acids is 1. The van der Waals surface area contributed by atoms with Crippen LogP contribution in [0.4, 0.5) is 0 Å². The molecule has 4 rings (SSSR count). The van der Waals surface area contributed by atoms with Gasteiger partial charge in [0.05, 0.1) is 30.3 Å². The van der Waals surface area contributed by atoms with E-state index in [0.29, 0.717) is 43.5 Å². The second kappa shape index (κ2) is 6.41. The number of amides is 1. The lowest BCUT2D eigenvalue weighted by Crippen LogP contribution is -2.25. The number of carbonyl (C=O) groups is 1. The molecular weight excluding hydrogens is 342 g/mol. The van der Waals surface area contributed by atoms with E-state index in [4.69, 9.17) is 9.26 Å². The Hall–Kier alpha value is -2.52. The molecule has 8 nitrogen and oxygen atoms in total. The van der Waals surface area contributed by atoms with Crippen molar-refractivity contribution in [3.63, 3.8) is 0 Å². The molecule has 0 radical (unpaired) electrons. The highest BCUT2D eigenvalue weighted by Gasteiger charge is 2.32. The molecule has 0 aliphatic carbocycles. The lowest BCUT2D eigenvalue weighted by atomic mass is 10.2. The lowest BCUT2D eigenvalue weighted by molar-refractivity contribution is 0.0753. The van der Waals surface area contributed by atoms with Crippen molar-refractivity contribution in [2.45, 2.75) is 19.5 Å². The summed E-state index contributed by atoms with van der Waals surface area (Å²) in [4.78, 5) is 19.5. The van der Waals surface area contributed by atoms with E-state index in [1.54, 1.807) is 11.8 Å². The van der Waals surface area contributed by atoms with Crippen LogP contribution >= 0.6 is 11.3 Å². The standard InChI is InChI=1S/C16H17N5O3S/c1-20-11-9-21(16(22)12-4-3-7-25-12)8-10(11)14(18-20)15-17-13(19-24-15)5-6-23-2/h3-4,7H,5-6,8-9H2,1-2H3. The summed E-state index contributed by atoms with van der Waals surface area (Å²) < 4.78 is 12.2. The Morgan fingerprint density at radius 3 is 3.08 bits per heavy atom. The molecule has 25 heavy (non-hydrogen) atoms. The lowest BCUT2D eigenvalue weighted by Gasteiger charge is -2.14. The van der Waals surface area contributed by atoms with E-state index in [1.807, 2.05) is 29.5 Å². The predicted molar refractivity (Wildman–Crippen MR) is 90.0 cm³/mol. The van der Waals surface area contributed by atoms with Crippen molar-refractivity contribution in [1.82, 2.24) is 24.8 Å². The van der Waals surface area contributed by atoms with Crippen LogP contribution in [0.1, 0.15) is 26.8 Å². The fourth-order valence-electron chi connectivity index (χ4n) is 2.91. The largest absolute Gasteiger partial charge is 0.384 e. The SMILES string of the molecule is COCCc1noc(-c2nn(C)c3c2CN(C(=O)c2cccs2)C3)n1. The summed E-state index contributed by atoms with van der Waals surface area (Å²) in [6.45, 7) is 1.55. The molecule has 1 aliphatic heterocycles. The number of hydrogen-bond acceptors (Lipinski definition) is 7. The topological polar surface area (TPSA) is 86.3 Å². The number of aryl methyl sites for hydroxylation is 1. The predicted octanol–water partition coefficient (Wildman–Crippen LogP) is 1.88. The van der Waals surface area contributed by atoms with Crippen LogP contribution in [0.2, 0.25) is 0 Å². The third-order valence-corrected chi connectivity index (χ3v) is 5.04. The van der Waals surface area contributed by atoms with Crippen molar-refractivity contribution in [3.05, 3.63) is 39.5 Å². The van der Waals surface area contributed by atoms with Crippen molar-refractivity contribution in [1.29, 1.82) is 0 Å². The summed E-state index contributed by atoms with van der Waals surface area (Å²) in [5.41, 5.74) is 2.61. The Labute approximate surface area is 148 Å². The molecule has 0 bridgehead atoms. The van der Waals surface area contributed by atoms with Gasteiger partial charge in [-0.1, -0.05) is 11.2 Å². The molecule has 1 aliphatic rings. The molecule has 0 atom stereocenters. The van der Waals surface area contributed by atoms with Gasteiger partial charge < -0.3 is 14.2 Å². The zero-order valence-electron chi connectivity index (χ0n) is 13.9. The van der Waals surface area contributed by atoms with E-state index >= 15 is 0 Å². The average Bonchev–Trinajstić information content (AvgIpc) is 3.38. The van der Waals surface area contributed by atoms with E-state index in [-0.39, 0.29) is 5.91 Å². The minimum absolute atomic E-state index is 0.0310. The Bertz CT molecular complexity index is 899. The molecule has 9 heteroatoms. The molecule has 0 saturated carbocycles. The molecule has 3 aromatic heterocycles. The van der Waals surface area contributed by atoms with Crippen molar-refractivity contribution in [2.24, 2.45) is 7.05 Å². The van der Waals surface area contributed by atoms with E-state index in [9.17, 15) is 4.79 Å². The van der Waals surface area contributed by atoms with E-state index in [0.717, 1.165) is 16.1 Å². The van der Waals surface area contributed by atoms with Gasteiger partial charge in [0, 0.05) is 26.1 Å². The quantitative estimate of drug-likeness (QED) is 0.691. The van der Waals surface area contributed by atoms with Crippen LogP contribution in [-0.4, -0.2) is 44.4 Å². The molecule has 0 aromatic carbocycles. The van der Waals surface area contributed by atoms with Gasteiger partial charge in [-0.25, -0.2) is 0 Å². The summed E-state index contributed by atoms with van der Waals surface area (Å²) >= 11 is 1.45. The molecule has 0 saturated heterocycles. The number of fused-ring (bicyclic) bond motifs is 1. The summed E-state index contributed by atoms with van der Waals surface area (Å²) in [5, 5.41) is 10.4. The first kappa shape index (κ1) is 16.0. The number of ether oxygens (including phenoxy) is 1. The number of nitrogens with zero attached hydrogens (tertiary/aromatic N) is 5. The Morgan fingerprint density at radius 1 is 1.44 bits per heavy atom. The maximum absolute atomic E-state index is 12.6. The zero-order valence-corrected chi connectivity index (χ0v) is 14.7. The first-order valence-corrected chi connectivity index (χ1v) is 8.74. The molecule has 4 heterocycles. The molecule has 1 amide bonds. The fraction of sp³-hybridized carbons (Fsp3) is 0.375. The molecule has 0 unspecified atom stereocenters. The first-order valence-electron chi connectivity index (χ1n) is 7.86. The number of rotatable bonds is 5.